The third-order valence-corrected chi connectivity index (χ3v) is 3.21. The quantitative estimate of drug-likeness (QED) is 0.793. The van der Waals surface area contributed by atoms with Crippen LogP contribution < -0.4 is 5.32 Å². The largest absolute Gasteiger partial charge is 0.331 e. The van der Waals surface area contributed by atoms with Gasteiger partial charge in [-0.15, -0.1) is 0 Å². The number of carbonyl (C=O) groups excluding carboxylic acids is 1. The summed E-state index contributed by atoms with van der Waals surface area (Å²) in [5.41, 5.74) is 1.62. The first-order chi connectivity index (χ1) is 8.09. The number of hydrogen-bond acceptors (Lipinski definition) is 3. The van der Waals surface area contributed by atoms with E-state index >= 15 is 0 Å². The molecule has 92 valence electrons. The molecule has 0 spiro atoms. The van der Waals surface area contributed by atoms with Crippen molar-refractivity contribution in [2.45, 2.75) is 32.9 Å². The fourth-order valence-electron chi connectivity index (χ4n) is 2.36. The van der Waals surface area contributed by atoms with E-state index in [2.05, 4.69) is 24.1 Å². The Morgan fingerprint density at radius 1 is 1.41 bits per heavy atom. The molecule has 4 heteroatoms. The molecule has 1 aliphatic heterocycles. The molecule has 2 heterocycles. The number of pyridine rings is 1. The van der Waals surface area contributed by atoms with E-state index in [-0.39, 0.29) is 18.0 Å². The fraction of sp³-hybridized carbons (Fsp3) is 0.538. The second-order valence-electron chi connectivity index (χ2n) is 4.75. The highest BCUT2D eigenvalue weighted by Crippen LogP contribution is 2.15. The molecule has 1 fully saturated rings. The van der Waals surface area contributed by atoms with Crippen molar-refractivity contribution in [3.05, 3.63) is 29.6 Å². The van der Waals surface area contributed by atoms with E-state index in [9.17, 15) is 4.79 Å². The van der Waals surface area contributed by atoms with Crippen LogP contribution in [0.25, 0.3) is 0 Å². The van der Waals surface area contributed by atoms with Gasteiger partial charge in [0.2, 0.25) is 0 Å². The summed E-state index contributed by atoms with van der Waals surface area (Å²) < 4.78 is 0. The van der Waals surface area contributed by atoms with E-state index in [4.69, 9.17) is 0 Å². The summed E-state index contributed by atoms with van der Waals surface area (Å²) in [7, 11) is 0. The summed E-state index contributed by atoms with van der Waals surface area (Å²) in [5, 5.41) is 3.33. The number of aryl methyl sites for hydroxylation is 1. The minimum Gasteiger partial charge on any atom is -0.331 e. The maximum absolute atomic E-state index is 12.4. The summed E-state index contributed by atoms with van der Waals surface area (Å²) in [4.78, 5) is 18.5. The first-order valence-electron chi connectivity index (χ1n) is 6.05. The summed E-state index contributed by atoms with van der Waals surface area (Å²) in [6.45, 7) is 7.78. The van der Waals surface area contributed by atoms with Gasteiger partial charge in [0.15, 0.2) is 0 Å². The van der Waals surface area contributed by atoms with Crippen LogP contribution in [0, 0.1) is 6.92 Å². The summed E-state index contributed by atoms with van der Waals surface area (Å²) in [5.74, 6) is 0.108. The molecule has 1 N–H and O–H groups in total. The molecule has 1 amide bonds. The van der Waals surface area contributed by atoms with Crippen LogP contribution in [0.3, 0.4) is 0 Å². The lowest BCUT2D eigenvalue weighted by molar-refractivity contribution is 0.0544. The van der Waals surface area contributed by atoms with Crippen LogP contribution in [0.1, 0.15) is 29.9 Å². The molecule has 1 aromatic heterocycles. The maximum atomic E-state index is 12.4. The van der Waals surface area contributed by atoms with Gasteiger partial charge in [-0.3, -0.25) is 9.78 Å². The van der Waals surface area contributed by atoms with Crippen LogP contribution in [0.4, 0.5) is 0 Å². The SMILES string of the molecule is Cc1cc(C(=O)N2C(C)CNCC2C)ccn1. The summed E-state index contributed by atoms with van der Waals surface area (Å²) in [6.07, 6.45) is 1.69. The zero-order valence-corrected chi connectivity index (χ0v) is 10.6. The average Bonchev–Trinajstić information content (AvgIpc) is 2.28. The van der Waals surface area contributed by atoms with Gasteiger partial charge in [-0.05, 0) is 32.9 Å². The van der Waals surface area contributed by atoms with Crippen molar-refractivity contribution in [3.8, 4) is 0 Å². The van der Waals surface area contributed by atoms with Gasteiger partial charge in [-0.2, -0.15) is 0 Å². The minimum absolute atomic E-state index is 0.108. The van der Waals surface area contributed by atoms with Crippen LogP contribution in [-0.4, -0.2) is 41.0 Å². The van der Waals surface area contributed by atoms with Crippen molar-refractivity contribution < 1.29 is 4.79 Å². The van der Waals surface area contributed by atoms with Crippen molar-refractivity contribution in [2.24, 2.45) is 0 Å². The normalized spacial score (nSPS) is 24.8. The van der Waals surface area contributed by atoms with E-state index in [1.54, 1.807) is 12.3 Å². The first kappa shape index (κ1) is 12.0. The molecule has 17 heavy (non-hydrogen) atoms. The Labute approximate surface area is 102 Å². The highest BCUT2D eigenvalue weighted by atomic mass is 16.2. The first-order valence-corrected chi connectivity index (χ1v) is 6.05. The fourth-order valence-corrected chi connectivity index (χ4v) is 2.36. The van der Waals surface area contributed by atoms with Crippen LogP contribution in [0.15, 0.2) is 18.3 Å². The van der Waals surface area contributed by atoms with Gasteiger partial charge in [-0.25, -0.2) is 0 Å². The number of rotatable bonds is 1. The van der Waals surface area contributed by atoms with E-state index in [1.165, 1.54) is 0 Å². The lowest BCUT2D eigenvalue weighted by atomic mass is 10.1. The Balaban J connectivity index is 2.24. The smallest absolute Gasteiger partial charge is 0.254 e. The third kappa shape index (κ3) is 2.47. The molecule has 0 aliphatic carbocycles. The standard InChI is InChI=1S/C13H19N3O/c1-9-6-12(4-5-15-9)13(17)16-10(2)7-14-8-11(16)3/h4-6,10-11,14H,7-8H2,1-3H3. The Bertz CT molecular complexity index is 409. The number of nitrogens with one attached hydrogen (secondary N) is 1. The lowest BCUT2D eigenvalue weighted by Gasteiger charge is -2.39. The molecular formula is C13H19N3O. The highest BCUT2D eigenvalue weighted by molar-refractivity contribution is 5.94. The molecule has 4 nitrogen and oxygen atoms in total. The number of hydrogen-bond donors (Lipinski definition) is 1. The second-order valence-corrected chi connectivity index (χ2v) is 4.75. The van der Waals surface area contributed by atoms with Gasteiger partial charge in [0.25, 0.3) is 5.91 Å². The number of amides is 1. The molecule has 0 radical (unpaired) electrons. The van der Waals surface area contributed by atoms with Crippen molar-refractivity contribution in [2.75, 3.05) is 13.1 Å². The van der Waals surface area contributed by atoms with Crippen molar-refractivity contribution >= 4 is 5.91 Å². The Kier molecular flexibility index (Phi) is 3.43. The van der Waals surface area contributed by atoms with E-state index in [0.717, 1.165) is 24.3 Å². The number of carbonyl (C=O) groups is 1. The molecule has 2 atom stereocenters. The zero-order chi connectivity index (χ0) is 12.4. The van der Waals surface area contributed by atoms with Gasteiger partial charge in [0.1, 0.15) is 0 Å². The van der Waals surface area contributed by atoms with Crippen molar-refractivity contribution in [1.29, 1.82) is 0 Å². The van der Waals surface area contributed by atoms with Gasteiger partial charge >= 0.3 is 0 Å². The molecule has 0 saturated carbocycles. The maximum Gasteiger partial charge on any atom is 0.254 e. The minimum atomic E-state index is 0.108. The van der Waals surface area contributed by atoms with Gasteiger partial charge in [0.05, 0.1) is 0 Å². The van der Waals surface area contributed by atoms with Crippen LogP contribution in [0.2, 0.25) is 0 Å². The molecule has 1 aliphatic rings. The van der Waals surface area contributed by atoms with E-state index in [0.29, 0.717) is 0 Å². The van der Waals surface area contributed by atoms with E-state index < -0.39 is 0 Å². The van der Waals surface area contributed by atoms with Crippen molar-refractivity contribution in [3.63, 3.8) is 0 Å². The topological polar surface area (TPSA) is 45.2 Å². The van der Waals surface area contributed by atoms with Crippen LogP contribution in [0.5, 0.6) is 0 Å². The van der Waals surface area contributed by atoms with Gasteiger partial charge in [0, 0.05) is 42.6 Å². The summed E-state index contributed by atoms with van der Waals surface area (Å²) in [6, 6.07) is 4.11. The molecule has 0 bridgehead atoms. The van der Waals surface area contributed by atoms with Crippen LogP contribution in [-0.2, 0) is 0 Å². The molecular weight excluding hydrogens is 214 g/mol. The number of piperazine rings is 1. The summed E-state index contributed by atoms with van der Waals surface area (Å²) >= 11 is 0. The highest BCUT2D eigenvalue weighted by Gasteiger charge is 2.29. The average molecular weight is 233 g/mol. The molecule has 1 saturated heterocycles. The third-order valence-electron chi connectivity index (χ3n) is 3.21. The predicted molar refractivity (Wildman–Crippen MR) is 66.9 cm³/mol. The lowest BCUT2D eigenvalue weighted by Crippen LogP contribution is -2.57. The predicted octanol–water partition coefficient (Wildman–Crippen LogP) is 1.21. The molecule has 2 unspecified atom stereocenters. The zero-order valence-electron chi connectivity index (χ0n) is 10.6. The second kappa shape index (κ2) is 4.84. The Hall–Kier alpha value is -1.42. The Morgan fingerprint density at radius 3 is 2.65 bits per heavy atom. The van der Waals surface area contributed by atoms with E-state index in [1.807, 2.05) is 17.9 Å². The van der Waals surface area contributed by atoms with Crippen LogP contribution >= 0.6 is 0 Å². The molecule has 2 rings (SSSR count). The van der Waals surface area contributed by atoms with Gasteiger partial charge in [-0.1, -0.05) is 0 Å². The monoisotopic (exact) mass is 233 g/mol. The Morgan fingerprint density at radius 2 is 2.06 bits per heavy atom. The van der Waals surface area contributed by atoms with Crippen molar-refractivity contribution in [1.82, 2.24) is 15.2 Å². The molecule has 1 aromatic rings. The number of nitrogens with zero attached hydrogens (tertiary/aromatic N) is 2. The molecule has 0 aromatic carbocycles. The van der Waals surface area contributed by atoms with Gasteiger partial charge < -0.3 is 10.2 Å². The number of aromatic nitrogens is 1.